The van der Waals surface area contributed by atoms with E-state index in [9.17, 15) is 10.1 Å². The number of non-ortho nitro benzene ring substituents is 1. The maximum atomic E-state index is 10.8. The second-order valence-corrected chi connectivity index (χ2v) is 5.40. The summed E-state index contributed by atoms with van der Waals surface area (Å²) in [5.41, 5.74) is 1.26. The zero-order chi connectivity index (χ0) is 14.8. The van der Waals surface area contributed by atoms with E-state index in [1.807, 2.05) is 7.05 Å². The van der Waals surface area contributed by atoms with Crippen LogP contribution in [-0.4, -0.2) is 41.6 Å². The lowest BCUT2D eigenvalue weighted by atomic mass is 10.1. The van der Waals surface area contributed by atoms with Crippen molar-refractivity contribution >= 4 is 34.9 Å². The van der Waals surface area contributed by atoms with Crippen LogP contribution >= 0.6 is 12.4 Å². The fourth-order valence-corrected chi connectivity index (χ4v) is 2.64. The van der Waals surface area contributed by atoms with E-state index in [2.05, 4.69) is 20.2 Å². The van der Waals surface area contributed by atoms with Gasteiger partial charge in [0.1, 0.15) is 5.82 Å². The third kappa shape index (κ3) is 3.42. The molecule has 1 N–H and O–H groups in total. The van der Waals surface area contributed by atoms with Crippen LogP contribution in [0.15, 0.2) is 24.4 Å². The van der Waals surface area contributed by atoms with Gasteiger partial charge in [0, 0.05) is 25.7 Å². The fraction of sp³-hybridized carbons (Fsp3) is 0.429. The Morgan fingerprint density at radius 1 is 1.45 bits per heavy atom. The first-order valence-electron chi connectivity index (χ1n) is 6.96. The van der Waals surface area contributed by atoms with Crippen LogP contribution in [0.25, 0.3) is 11.0 Å². The van der Waals surface area contributed by atoms with Crippen LogP contribution in [-0.2, 0) is 0 Å². The molecule has 2 aromatic rings. The van der Waals surface area contributed by atoms with Crippen LogP contribution in [0.4, 0.5) is 11.5 Å². The number of nitro groups is 1. The molecule has 1 unspecified atom stereocenters. The summed E-state index contributed by atoms with van der Waals surface area (Å²) in [5, 5.41) is 14.1. The summed E-state index contributed by atoms with van der Waals surface area (Å²) in [5.74, 6) is 1.42. The van der Waals surface area contributed by atoms with E-state index in [0.29, 0.717) is 17.0 Å². The first-order valence-corrected chi connectivity index (χ1v) is 6.96. The number of rotatable bonds is 4. The van der Waals surface area contributed by atoms with Gasteiger partial charge in [-0.1, -0.05) is 0 Å². The molecule has 0 saturated carbocycles. The van der Waals surface area contributed by atoms with Crippen molar-refractivity contribution in [3.05, 3.63) is 34.5 Å². The van der Waals surface area contributed by atoms with Crippen LogP contribution in [0.5, 0.6) is 0 Å². The Kier molecular flexibility index (Phi) is 5.10. The summed E-state index contributed by atoms with van der Waals surface area (Å²) in [6.07, 6.45) is 2.85. The molecule has 0 aliphatic carbocycles. The Hall–Kier alpha value is -1.99. The summed E-state index contributed by atoms with van der Waals surface area (Å²) in [6.45, 7) is 3.04. The minimum absolute atomic E-state index is 0. The van der Waals surface area contributed by atoms with E-state index >= 15 is 0 Å². The number of benzene rings is 1. The molecule has 2 heterocycles. The van der Waals surface area contributed by atoms with Gasteiger partial charge in [0.15, 0.2) is 0 Å². The topological polar surface area (TPSA) is 84.2 Å². The van der Waals surface area contributed by atoms with Gasteiger partial charge in [-0.15, -0.1) is 12.4 Å². The third-order valence-corrected chi connectivity index (χ3v) is 3.81. The number of nitrogens with zero attached hydrogens (tertiary/aromatic N) is 4. The van der Waals surface area contributed by atoms with Gasteiger partial charge in [0.05, 0.1) is 22.2 Å². The molecule has 3 rings (SSSR count). The lowest BCUT2D eigenvalue weighted by Crippen LogP contribution is -2.27. The lowest BCUT2D eigenvalue weighted by molar-refractivity contribution is -0.384. The standard InChI is InChI=1S/C14H17N5O2.ClH/c1-18(9-10-4-5-15-7-10)14-8-16-13-6-11(19(20)21)2-3-12(13)17-14;/h2-3,6,8,10,15H,4-5,7,9H2,1H3;1H. The van der Waals surface area contributed by atoms with Gasteiger partial charge < -0.3 is 10.2 Å². The molecule has 1 saturated heterocycles. The van der Waals surface area contributed by atoms with Crippen molar-refractivity contribution in [2.24, 2.45) is 5.92 Å². The van der Waals surface area contributed by atoms with Crippen LogP contribution in [0.2, 0.25) is 0 Å². The van der Waals surface area contributed by atoms with Crippen molar-refractivity contribution in [3.63, 3.8) is 0 Å². The number of halogens is 1. The molecule has 1 atom stereocenters. The molecule has 1 aliphatic heterocycles. The van der Waals surface area contributed by atoms with E-state index in [1.54, 1.807) is 12.3 Å². The van der Waals surface area contributed by atoms with E-state index in [1.165, 1.54) is 18.6 Å². The van der Waals surface area contributed by atoms with Gasteiger partial charge in [-0.2, -0.15) is 0 Å². The maximum Gasteiger partial charge on any atom is 0.271 e. The predicted molar refractivity (Wildman–Crippen MR) is 87.7 cm³/mol. The summed E-state index contributed by atoms with van der Waals surface area (Å²) in [7, 11) is 2.00. The molecule has 1 aliphatic rings. The molecular weight excluding hydrogens is 306 g/mol. The highest BCUT2D eigenvalue weighted by Gasteiger charge is 2.17. The highest BCUT2D eigenvalue weighted by molar-refractivity contribution is 5.85. The predicted octanol–water partition coefficient (Wildman–Crippen LogP) is 2.01. The van der Waals surface area contributed by atoms with Crippen molar-refractivity contribution in [3.8, 4) is 0 Å². The minimum Gasteiger partial charge on any atom is -0.358 e. The zero-order valence-electron chi connectivity index (χ0n) is 12.2. The monoisotopic (exact) mass is 323 g/mol. The molecule has 0 amide bonds. The molecule has 1 fully saturated rings. The van der Waals surface area contributed by atoms with Gasteiger partial charge in [0.25, 0.3) is 5.69 Å². The number of hydrogen-bond acceptors (Lipinski definition) is 6. The quantitative estimate of drug-likeness (QED) is 0.684. The van der Waals surface area contributed by atoms with Gasteiger partial charge in [0.2, 0.25) is 0 Å². The van der Waals surface area contributed by atoms with E-state index in [-0.39, 0.29) is 18.1 Å². The van der Waals surface area contributed by atoms with Crippen molar-refractivity contribution in [2.75, 3.05) is 31.6 Å². The minimum atomic E-state index is -0.422. The molecule has 0 radical (unpaired) electrons. The first kappa shape index (κ1) is 16.4. The van der Waals surface area contributed by atoms with Crippen LogP contribution in [0.1, 0.15) is 6.42 Å². The summed E-state index contributed by atoms with van der Waals surface area (Å²) in [6, 6.07) is 4.56. The first-order chi connectivity index (χ1) is 10.1. The summed E-state index contributed by atoms with van der Waals surface area (Å²) >= 11 is 0. The molecule has 1 aromatic heterocycles. The van der Waals surface area contributed by atoms with Crippen molar-refractivity contribution in [1.82, 2.24) is 15.3 Å². The molecule has 118 valence electrons. The van der Waals surface area contributed by atoms with Gasteiger partial charge in [-0.25, -0.2) is 4.98 Å². The number of fused-ring (bicyclic) bond motifs is 1. The zero-order valence-corrected chi connectivity index (χ0v) is 13.0. The number of hydrogen-bond donors (Lipinski definition) is 1. The summed E-state index contributed by atoms with van der Waals surface area (Å²) in [4.78, 5) is 21.3. The van der Waals surface area contributed by atoms with Gasteiger partial charge in [-0.05, 0) is 31.5 Å². The smallest absolute Gasteiger partial charge is 0.271 e. The molecule has 22 heavy (non-hydrogen) atoms. The second kappa shape index (κ2) is 6.85. The number of nitrogens with one attached hydrogen (secondary N) is 1. The summed E-state index contributed by atoms with van der Waals surface area (Å²) < 4.78 is 0. The Morgan fingerprint density at radius 3 is 2.95 bits per heavy atom. The Morgan fingerprint density at radius 2 is 2.27 bits per heavy atom. The van der Waals surface area contributed by atoms with E-state index in [0.717, 1.165) is 25.5 Å². The van der Waals surface area contributed by atoms with E-state index in [4.69, 9.17) is 0 Å². The molecule has 0 bridgehead atoms. The van der Waals surface area contributed by atoms with Gasteiger partial charge in [-0.3, -0.25) is 15.1 Å². The lowest BCUT2D eigenvalue weighted by Gasteiger charge is -2.21. The van der Waals surface area contributed by atoms with Crippen molar-refractivity contribution in [2.45, 2.75) is 6.42 Å². The van der Waals surface area contributed by atoms with Crippen molar-refractivity contribution in [1.29, 1.82) is 0 Å². The number of anilines is 1. The largest absolute Gasteiger partial charge is 0.358 e. The van der Waals surface area contributed by atoms with Crippen molar-refractivity contribution < 1.29 is 4.92 Å². The molecule has 8 heteroatoms. The molecule has 7 nitrogen and oxygen atoms in total. The van der Waals surface area contributed by atoms with Crippen LogP contribution < -0.4 is 10.2 Å². The normalized spacial score (nSPS) is 17.2. The Balaban J connectivity index is 0.00000176. The molecular formula is C14H18ClN5O2. The van der Waals surface area contributed by atoms with E-state index < -0.39 is 4.92 Å². The Bertz CT molecular complexity index is 675. The van der Waals surface area contributed by atoms with Gasteiger partial charge >= 0.3 is 0 Å². The SMILES string of the molecule is CN(CC1CCNC1)c1cnc2cc([N+](=O)[O-])ccc2n1.Cl. The average Bonchev–Trinajstić information content (AvgIpc) is 2.99. The van der Waals surface area contributed by atoms with Crippen LogP contribution in [0, 0.1) is 16.0 Å². The molecule has 1 aromatic carbocycles. The Labute approximate surface area is 134 Å². The highest BCUT2D eigenvalue weighted by atomic mass is 35.5. The number of aromatic nitrogens is 2. The average molecular weight is 324 g/mol. The fourth-order valence-electron chi connectivity index (χ4n) is 2.64. The van der Waals surface area contributed by atoms with Crippen LogP contribution in [0.3, 0.4) is 0 Å². The maximum absolute atomic E-state index is 10.8. The third-order valence-electron chi connectivity index (χ3n) is 3.81. The highest BCUT2D eigenvalue weighted by Crippen LogP contribution is 2.21. The number of nitro benzene ring substituents is 1. The second-order valence-electron chi connectivity index (χ2n) is 5.40. The molecule has 0 spiro atoms.